The Labute approximate surface area is 183 Å². The highest BCUT2D eigenvalue weighted by Crippen LogP contribution is 2.38. The SMILES string of the molecule is O=C(c1ccc(S(=O)(=O)N2CCCC2)cc1)N1C2CCC1CC(Oc1cccnc1)C2. The zero-order valence-electron chi connectivity index (χ0n) is 17.4. The molecule has 3 aliphatic rings. The first kappa shape index (κ1) is 20.5. The van der Waals surface area contributed by atoms with Crippen LogP contribution in [0.2, 0.25) is 0 Å². The molecular formula is C23H27N3O4S. The molecule has 5 rings (SSSR count). The molecule has 7 nitrogen and oxygen atoms in total. The van der Waals surface area contributed by atoms with E-state index in [1.165, 1.54) is 4.31 Å². The molecule has 2 atom stereocenters. The summed E-state index contributed by atoms with van der Waals surface area (Å²) in [7, 11) is -3.47. The summed E-state index contributed by atoms with van der Waals surface area (Å²) in [6, 6.07) is 10.5. The first-order chi connectivity index (χ1) is 15.0. The zero-order valence-corrected chi connectivity index (χ0v) is 18.2. The van der Waals surface area contributed by atoms with Crippen LogP contribution >= 0.6 is 0 Å². The molecule has 2 unspecified atom stereocenters. The lowest BCUT2D eigenvalue weighted by Gasteiger charge is -2.39. The molecule has 0 saturated carbocycles. The van der Waals surface area contributed by atoms with Crippen LogP contribution in [0.15, 0.2) is 53.7 Å². The Bertz CT molecular complexity index is 1020. The van der Waals surface area contributed by atoms with Gasteiger partial charge in [-0.05, 0) is 62.1 Å². The quantitative estimate of drug-likeness (QED) is 0.712. The maximum atomic E-state index is 13.3. The van der Waals surface area contributed by atoms with E-state index in [4.69, 9.17) is 4.74 Å². The van der Waals surface area contributed by atoms with E-state index >= 15 is 0 Å². The fourth-order valence-electron chi connectivity index (χ4n) is 5.16. The Morgan fingerprint density at radius 3 is 2.29 bits per heavy atom. The van der Waals surface area contributed by atoms with Crippen LogP contribution in [0.25, 0.3) is 0 Å². The third-order valence-corrected chi connectivity index (χ3v) is 8.58. The standard InChI is InChI=1S/C23H27N3O4S/c27-23(17-5-9-22(10-6-17)31(28,29)25-12-1-2-13-25)26-18-7-8-19(26)15-21(14-18)30-20-4-3-11-24-16-20/h3-6,9-11,16,18-19,21H,1-2,7-8,12-15H2. The number of benzene rings is 1. The van der Waals surface area contributed by atoms with Crippen molar-refractivity contribution < 1.29 is 17.9 Å². The molecule has 2 bridgehead atoms. The summed E-state index contributed by atoms with van der Waals surface area (Å²) < 4.78 is 33.1. The number of aromatic nitrogens is 1. The summed E-state index contributed by atoms with van der Waals surface area (Å²) in [4.78, 5) is 19.6. The molecule has 31 heavy (non-hydrogen) atoms. The number of piperidine rings is 1. The summed E-state index contributed by atoms with van der Waals surface area (Å²) in [6.45, 7) is 1.14. The molecular weight excluding hydrogens is 414 g/mol. The third-order valence-electron chi connectivity index (χ3n) is 6.67. The zero-order chi connectivity index (χ0) is 21.4. The molecule has 3 aliphatic heterocycles. The van der Waals surface area contributed by atoms with Gasteiger partial charge in [0.1, 0.15) is 11.9 Å². The number of sulfonamides is 1. The van der Waals surface area contributed by atoms with Gasteiger partial charge in [0.25, 0.3) is 5.91 Å². The van der Waals surface area contributed by atoms with Crippen molar-refractivity contribution in [1.82, 2.24) is 14.2 Å². The van der Waals surface area contributed by atoms with Crippen LogP contribution in [-0.4, -0.2) is 59.8 Å². The molecule has 3 saturated heterocycles. The summed E-state index contributed by atoms with van der Waals surface area (Å²) in [5.74, 6) is 0.749. The van der Waals surface area contributed by atoms with Gasteiger partial charge in [-0.15, -0.1) is 0 Å². The van der Waals surface area contributed by atoms with Gasteiger partial charge in [-0.2, -0.15) is 4.31 Å². The van der Waals surface area contributed by atoms with Crippen LogP contribution in [0.1, 0.15) is 48.9 Å². The Morgan fingerprint density at radius 1 is 1.00 bits per heavy atom. The van der Waals surface area contributed by atoms with Crippen LogP contribution in [0.3, 0.4) is 0 Å². The molecule has 3 fully saturated rings. The molecule has 2 aromatic rings. The van der Waals surface area contributed by atoms with Gasteiger partial charge in [-0.25, -0.2) is 8.42 Å². The largest absolute Gasteiger partial charge is 0.489 e. The normalized spacial score (nSPS) is 26.2. The second kappa shape index (κ2) is 8.24. The molecule has 0 N–H and O–H groups in total. The van der Waals surface area contributed by atoms with Gasteiger partial charge in [0.15, 0.2) is 0 Å². The lowest BCUT2D eigenvalue weighted by atomic mass is 9.98. The highest BCUT2D eigenvalue weighted by Gasteiger charge is 2.44. The number of nitrogens with zero attached hydrogens (tertiary/aromatic N) is 3. The van der Waals surface area contributed by atoms with Crippen molar-refractivity contribution in [1.29, 1.82) is 0 Å². The highest BCUT2D eigenvalue weighted by molar-refractivity contribution is 7.89. The van der Waals surface area contributed by atoms with Gasteiger partial charge in [0.05, 0.1) is 11.1 Å². The second-order valence-electron chi connectivity index (χ2n) is 8.63. The Morgan fingerprint density at radius 2 is 1.68 bits per heavy atom. The van der Waals surface area contributed by atoms with Gasteiger partial charge >= 0.3 is 0 Å². The third kappa shape index (κ3) is 3.94. The van der Waals surface area contributed by atoms with E-state index < -0.39 is 10.0 Å². The van der Waals surface area contributed by atoms with Crippen molar-refractivity contribution in [3.05, 3.63) is 54.4 Å². The van der Waals surface area contributed by atoms with Crippen LogP contribution in [0, 0.1) is 0 Å². The molecule has 0 aliphatic carbocycles. The molecule has 4 heterocycles. The molecule has 1 amide bonds. The number of carbonyl (C=O) groups is 1. The average molecular weight is 442 g/mol. The van der Waals surface area contributed by atoms with Crippen LogP contribution in [0.4, 0.5) is 0 Å². The maximum absolute atomic E-state index is 13.3. The summed E-state index contributed by atoms with van der Waals surface area (Å²) in [5, 5.41) is 0. The average Bonchev–Trinajstić information content (AvgIpc) is 3.42. The predicted octanol–water partition coefficient (Wildman–Crippen LogP) is 3.08. The lowest BCUT2D eigenvalue weighted by molar-refractivity contribution is 0.0358. The van der Waals surface area contributed by atoms with E-state index in [0.29, 0.717) is 18.7 Å². The molecule has 1 aromatic carbocycles. The number of hydrogen-bond donors (Lipinski definition) is 0. The Balaban J connectivity index is 1.27. The van der Waals surface area contributed by atoms with E-state index in [1.807, 2.05) is 17.0 Å². The van der Waals surface area contributed by atoms with Gasteiger partial charge in [-0.3, -0.25) is 9.78 Å². The number of amides is 1. The number of ether oxygens (including phenoxy) is 1. The highest BCUT2D eigenvalue weighted by atomic mass is 32.2. The number of hydrogen-bond acceptors (Lipinski definition) is 5. The van der Waals surface area contributed by atoms with E-state index in [0.717, 1.165) is 44.3 Å². The Hall–Kier alpha value is -2.45. The Kier molecular flexibility index (Phi) is 5.44. The number of carbonyl (C=O) groups excluding carboxylic acids is 1. The van der Waals surface area contributed by atoms with E-state index in [9.17, 15) is 13.2 Å². The second-order valence-corrected chi connectivity index (χ2v) is 10.6. The lowest BCUT2D eigenvalue weighted by Crippen LogP contribution is -2.49. The molecule has 164 valence electrons. The summed E-state index contributed by atoms with van der Waals surface area (Å²) in [5.41, 5.74) is 0.545. The van der Waals surface area contributed by atoms with Crippen molar-refractivity contribution in [2.24, 2.45) is 0 Å². The minimum absolute atomic E-state index is 0.0163. The maximum Gasteiger partial charge on any atom is 0.254 e. The minimum Gasteiger partial charge on any atom is -0.489 e. The topological polar surface area (TPSA) is 79.8 Å². The van der Waals surface area contributed by atoms with E-state index in [-0.39, 0.29) is 29.0 Å². The van der Waals surface area contributed by atoms with Crippen molar-refractivity contribution in [3.8, 4) is 5.75 Å². The number of pyridine rings is 1. The smallest absolute Gasteiger partial charge is 0.254 e. The van der Waals surface area contributed by atoms with Crippen molar-refractivity contribution in [3.63, 3.8) is 0 Å². The first-order valence-corrected chi connectivity index (χ1v) is 12.5. The van der Waals surface area contributed by atoms with Crippen molar-refractivity contribution in [2.45, 2.75) is 61.6 Å². The van der Waals surface area contributed by atoms with Gasteiger partial charge in [0, 0.05) is 49.8 Å². The van der Waals surface area contributed by atoms with Crippen molar-refractivity contribution in [2.75, 3.05) is 13.1 Å². The minimum atomic E-state index is -3.47. The number of fused-ring (bicyclic) bond motifs is 2. The van der Waals surface area contributed by atoms with E-state index in [1.54, 1.807) is 36.7 Å². The first-order valence-electron chi connectivity index (χ1n) is 11.0. The molecule has 8 heteroatoms. The summed E-state index contributed by atoms with van der Waals surface area (Å²) >= 11 is 0. The molecule has 1 aromatic heterocycles. The van der Waals surface area contributed by atoms with Crippen LogP contribution in [-0.2, 0) is 10.0 Å². The monoisotopic (exact) mass is 441 g/mol. The van der Waals surface area contributed by atoms with Gasteiger partial charge < -0.3 is 9.64 Å². The van der Waals surface area contributed by atoms with Gasteiger partial charge in [-0.1, -0.05) is 0 Å². The summed E-state index contributed by atoms with van der Waals surface area (Å²) in [6.07, 6.45) is 8.89. The van der Waals surface area contributed by atoms with Crippen molar-refractivity contribution >= 4 is 15.9 Å². The van der Waals surface area contributed by atoms with Crippen LogP contribution < -0.4 is 4.74 Å². The molecule has 0 spiro atoms. The molecule has 0 radical (unpaired) electrons. The van der Waals surface area contributed by atoms with Crippen LogP contribution in [0.5, 0.6) is 5.75 Å². The number of rotatable bonds is 5. The fraction of sp³-hybridized carbons (Fsp3) is 0.478. The van der Waals surface area contributed by atoms with E-state index in [2.05, 4.69) is 4.98 Å². The fourth-order valence-corrected chi connectivity index (χ4v) is 6.68. The predicted molar refractivity (Wildman–Crippen MR) is 115 cm³/mol. The van der Waals surface area contributed by atoms with Gasteiger partial charge in [0.2, 0.25) is 10.0 Å².